The van der Waals surface area contributed by atoms with Gasteiger partial charge in [0.1, 0.15) is 17.2 Å². The van der Waals surface area contributed by atoms with Gasteiger partial charge in [-0.3, -0.25) is 4.79 Å². The van der Waals surface area contributed by atoms with Crippen molar-refractivity contribution in [1.82, 2.24) is 4.90 Å². The zero-order valence-corrected chi connectivity index (χ0v) is 16.3. The van der Waals surface area contributed by atoms with E-state index in [-0.39, 0.29) is 12.0 Å². The van der Waals surface area contributed by atoms with Crippen molar-refractivity contribution in [2.45, 2.75) is 31.5 Å². The zero-order chi connectivity index (χ0) is 20.4. The molecule has 2 aromatic rings. The summed E-state index contributed by atoms with van der Waals surface area (Å²) in [6, 6.07) is 3.92. The molecule has 1 atom stereocenters. The average molecular weight is 413 g/mol. The van der Waals surface area contributed by atoms with E-state index in [9.17, 15) is 20.0 Å². The molecule has 0 aromatic carbocycles. The zero-order valence-electron chi connectivity index (χ0n) is 15.5. The predicted molar refractivity (Wildman–Crippen MR) is 105 cm³/mol. The van der Waals surface area contributed by atoms with E-state index >= 15 is 0 Å². The Labute approximate surface area is 171 Å². The number of hydrogen-bond donors (Lipinski definition) is 2. The number of fused-ring (bicyclic) bond motifs is 1. The molecule has 1 fully saturated rings. The highest BCUT2D eigenvalue weighted by Crippen LogP contribution is 2.38. The van der Waals surface area contributed by atoms with Crippen molar-refractivity contribution in [3.05, 3.63) is 46.2 Å². The summed E-state index contributed by atoms with van der Waals surface area (Å²) >= 11 is 1.35. The minimum Gasteiger partial charge on any atom is -0.472 e. The first-order valence-electron chi connectivity index (χ1n) is 9.23. The van der Waals surface area contributed by atoms with E-state index in [4.69, 9.17) is 9.15 Å². The van der Waals surface area contributed by atoms with Crippen LogP contribution in [0.3, 0.4) is 0 Å². The van der Waals surface area contributed by atoms with Gasteiger partial charge in [-0.2, -0.15) is 5.26 Å². The molecule has 3 heterocycles. The maximum Gasteiger partial charge on any atom is 0.410 e. The van der Waals surface area contributed by atoms with Crippen molar-refractivity contribution in [1.29, 1.82) is 5.26 Å². The number of carbonyl (C=O) groups excluding carboxylic acids is 2. The van der Waals surface area contributed by atoms with E-state index < -0.39 is 12.2 Å². The highest BCUT2D eigenvalue weighted by Gasteiger charge is 2.33. The van der Waals surface area contributed by atoms with Crippen LogP contribution >= 0.6 is 11.3 Å². The number of thiophene rings is 1. The summed E-state index contributed by atoms with van der Waals surface area (Å²) in [7, 11) is 0. The molecule has 0 radical (unpaired) electrons. The Balaban J connectivity index is 1.41. The number of nitrogens with zero attached hydrogens (tertiary/aromatic N) is 2. The van der Waals surface area contributed by atoms with E-state index in [1.807, 2.05) is 0 Å². The molecule has 0 spiro atoms. The number of anilines is 1. The van der Waals surface area contributed by atoms with E-state index in [0.717, 1.165) is 16.0 Å². The van der Waals surface area contributed by atoms with Crippen LogP contribution in [0.1, 0.15) is 28.0 Å². The number of hydrogen-bond acceptors (Lipinski definition) is 7. The predicted octanol–water partition coefficient (Wildman–Crippen LogP) is 2.54. The Morgan fingerprint density at radius 3 is 2.97 bits per heavy atom. The molecular formula is C20H19N3O5S. The van der Waals surface area contributed by atoms with Crippen LogP contribution in [-0.2, 0) is 22.4 Å². The maximum atomic E-state index is 12.2. The number of amides is 2. The molecular weight excluding hydrogens is 394 g/mol. The average Bonchev–Trinajstić information content (AvgIpc) is 3.30. The van der Waals surface area contributed by atoms with Gasteiger partial charge in [0, 0.05) is 22.9 Å². The second-order valence-corrected chi connectivity index (χ2v) is 8.11. The maximum absolute atomic E-state index is 12.2. The summed E-state index contributed by atoms with van der Waals surface area (Å²) in [5.41, 5.74) is 2.16. The number of aliphatic hydroxyl groups is 1. The van der Waals surface area contributed by atoms with Crippen LogP contribution in [0.2, 0.25) is 0 Å². The van der Waals surface area contributed by atoms with Crippen molar-refractivity contribution in [3.63, 3.8) is 0 Å². The third kappa shape index (κ3) is 4.18. The van der Waals surface area contributed by atoms with Crippen LogP contribution in [0.4, 0.5) is 9.80 Å². The largest absolute Gasteiger partial charge is 0.472 e. The number of β-amino-alcohol motifs (C(OH)–C–C–N with tert-alkyl or cyclic N) is 1. The molecule has 2 N–H and O–H groups in total. The smallest absolute Gasteiger partial charge is 0.410 e. The standard InChI is InChI=1S/C20H19N3O5S/c21-8-16-15-3-2-14(28-20(26)23-9-13(24)10-23)7-17(15)29-19(16)22-18(25)4-1-12-5-6-27-11-12/h1,4-6,11,13-14,24H,2-3,7,9-10H2,(H,22,25)/b4-1+. The Morgan fingerprint density at radius 1 is 1.45 bits per heavy atom. The number of nitrogens with one attached hydrogen (secondary N) is 1. The molecule has 150 valence electrons. The van der Waals surface area contributed by atoms with E-state index in [0.29, 0.717) is 42.9 Å². The number of furan rings is 1. The van der Waals surface area contributed by atoms with Crippen molar-refractivity contribution < 1.29 is 23.8 Å². The monoisotopic (exact) mass is 413 g/mol. The fourth-order valence-corrected chi connectivity index (χ4v) is 4.64. The SMILES string of the molecule is N#Cc1c(NC(=O)/C=C/c2ccoc2)sc2c1CCC(OC(=O)N1CC(O)C1)C2. The molecule has 9 heteroatoms. The van der Waals surface area contributed by atoms with Gasteiger partial charge < -0.3 is 24.5 Å². The Bertz CT molecular complexity index is 983. The Hall–Kier alpha value is -3.09. The quantitative estimate of drug-likeness (QED) is 0.744. The molecule has 2 aromatic heterocycles. The number of ether oxygens (including phenoxy) is 1. The summed E-state index contributed by atoms with van der Waals surface area (Å²) < 4.78 is 10.5. The first kappa shape index (κ1) is 19.2. The van der Waals surface area contributed by atoms with Gasteiger partial charge in [0.15, 0.2) is 0 Å². The van der Waals surface area contributed by atoms with Crippen LogP contribution in [0.15, 0.2) is 29.1 Å². The van der Waals surface area contributed by atoms with Crippen molar-refractivity contribution >= 4 is 34.4 Å². The highest BCUT2D eigenvalue weighted by atomic mass is 32.1. The molecule has 4 rings (SSSR count). The topological polar surface area (TPSA) is 116 Å². The van der Waals surface area contributed by atoms with Gasteiger partial charge in [0.05, 0.1) is 37.3 Å². The van der Waals surface area contributed by atoms with E-state index in [1.165, 1.54) is 34.8 Å². The summed E-state index contributed by atoms with van der Waals surface area (Å²) in [6.45, 7) is 0.605. The lowest BCUT2D eigenvalue weighted by Crippen LogP contribution is -2.54. The normalized spacial score (nSPS) is 18.8. The lowest BCUT2D eigenvalue weighted by Gasteiger charge is -2.36. The number of likely N-dealkylation sites (tertiary alicyclic amines) is 1. The minimum absolute atomic E-state index is 0.275. The third-order valence-corrected chi connectivity index (χ3v) is 6.10. The fourth-order valence-electron chi connectivity index (χ4n) is 3.38. The minimum atomic E-state index is -0.468. The van der Waals surface area contributed by atoms with Crippen LogP contribution in [0.25, 0.3) is 6.08 Å². The molecule has 0 bridgehead atoms. The summed E-state index contributed by atoms with van der Waals surface area (Å²) in [5.74, 6) is -0.333. The number of carbonyl (C=O) groups is 2. The highest BCUT2D eigenvalue weighted by molar-refractivity contribution is 7.16. The summed E-state index contributed by atoms with van der Waals surface area (Å²) in [4.78, 5) is 26.7. The van der Waals surface area contributed by atoms with Crippen molar-refractivity contribution in [3.8, 4) is 6.07 Å². The van der Waals surface area contributed by atoms with Crippen LogP contribution in [-0.4, -0.2) is 47.3 Å². The first-order chi connectivity index (χ1) is 14.0. The molecule has 1 unspecified atom stereocenters. The van der Waals surface area contributed by atoms with Crippen LogP contribution in [0.5, 0.6) is 0 Å². The fraction of sp³-hybridized carbons (Fsp3) is 0.350. The third-order valence-electron chi connectivity index (χ3n) is 4.93. The van der Waals surface area contributed by atoms with E-state index in [1.54, 1.807) is 12.1 Å². The molecule has 0 saturated carbocycles. The second kappa shape index (κ2) is 8.11. The molecule has 2 amide bonds. The summed E-state index contributed by atoms with van der Waals surface area (Å²) in [6.07, 6.45) is 6.63. The molecule has 1 aliphatic heterocycles. The Morgan fingerprint density at radius 2 is 2.28 bits per heavy atom. The van der Waals surface area contributed by atoms with E-state index in [2.05, 4.69) is 11.4 Å². The van der Waals surface area contributed by atoms with Gasteiger partial charge in [0.2, 0.25) is 5.91 Å². The van der Waals surface area contributed by atoms with Crippen LogP contribution in [0, 0.1) is 11.3 Å². The number of nitriles is 1. The van der Waals surface area contributed by atoms with Gasteiger partial charge in [-0.1, -0.05) is 0 Å². The van der Waals surface area contributed by atoms with Gasteiger partial charge >= 0.3 is 6.09 Å². The number of rotatable bonds is 4. The van der Waals surface area contributed by atoms with Crippen molar-refractivity contribution in [2.75, 3.05) is 18.4 Å². The molecule has 8 nitrogen and oxygen atoms in total. The number of aliphatic hydroxyl groups excluding tert-OH is 1. The van der Waals surface area contributed by atoms with Crippen molar-refractivity contribution in [2.24, 2.45) is 0 Å². The van der Waals surface area contributed by atoms with Gasteiger partial charge in [-0.25, -0.2) is 4.79 Å². The van der Waals surface area contributed by atoms with Gasteiger partial charge in [-0.05, 0) is 30.5 Å². The van der Waals surface area contributed by atoms with Crippen LogP contribution < -0.4 is 5.32 Å². The molecule has 1 aliphatic carbocycles. The summed E-state index contributed by atoms with van der Waals surface area (Å²) in [5, 5.41) is 22.2. The molecule has 29 heavy (non-hydrogen) atoms. The molecule has 1 saturated heterocycles. The lowest BCUT2D eigenvalue weighted by atomic mass is 9.94. The first-order valence-corrected chi connectivity index (χ1v) is 10.0. The molecule has 2 aliphatic rings. The Kier molecular flexibility index (Phi) is 5.38. The second-order valence-electron chi connectivity index (χ2n) is 7.01. The van der Waals surface area contributed by atoms with Gasteiger partial charge in [0.25, 0.3) is 0 Å². The lowest BCUT2D eigenvalue weighted by molar-refractivity contribution is -0.111. The van der Waals surface area contributed by atoms with Gasteiger partial charge in [-0.15, -0.1) is 11.3 Å².